The molecule has 0 bridgehead atoms. The van der Waals surface area contributed by atoms with E-state index >= 15 is 0 Å². The van der Waals surface area contributed by atoms with Crippen LogP contribution in [0.4, 0.5) is 17.1 Å². The molecule has 2 nitrogen and oxygen atoms in total. The molecule has 0 fully saturated rings. The van der Waals surface area contributed by atoms with Crippen LogP contribution in [0.1, 0.15) is 6.92 Å². The van der Waals surface area contributed by atoms with Gasteiger partial charge in [0.1, 0.15) is 0 Å². The molecule has 7 aromatic carbocycles. The van der Waals surface area contributed by atoms with Crippen molar-refractivity contribution in [2.75, 3.05) is 17.2 Å². The number of fused-ring (bicyclic) bond motifs is 3. The first-order chi connectivity index (χ1) is 19.7. The van der Waals surface area contributed by atoms with Crippen LogP contribution in [0.3, 0.4) is 0 Å². The summed E-state index contributed by atoms with van der Waals surface area (Å²) in [4.78, 5) is 2.26. The SMILES string of the molecule is CCN(c1ccc(-c2c3ccccc3c(-c3ccc4ccccc4c3)c3ccccc23)cc1)c1ccccc1N. The van der Waals surface area contributed by atoms with Crippen molar-refractivity contribution in [3.63, 3.8) is 0 Å². The van der Waals surface area contributed by atoms with Gasteiger partial charge in [0, 0.05) is 12.2 Å². The molecule has 0 atom stereocenters. The van der Waals surface area contributed by atoms with E-state index in [2.05, 4.69) is 133 Å². The van der Waals surface area contributed by atoms with Gasteiger partial charge in [-0.25, -0.2) is 0 Å². The van der Waals surface area contributed by atoms with Crippen LogP contribution < -0.4 is 10.6 Å². The number of hydrogen-bond acceptors (Lipinski definition) is 2. The summed E-state index contributed by atoms with van der Waals surface area (Å²) in [5, 5.41) is 7.57. The number of nitrogens with zero attached hydrogens (tertiary/aromatic N) is 1. The first-order valence-corrected chi connectivity index (χ1v) is 13.9. The fourth-order valence-electron chi connectivity index (χ4n) is 6.13. The number of benzene rings is 7. The van der Waals surface area contributed by atoms with E-state index in [9.17, 15) is 0 Å². The van der Waals surface area contributed by atoms with E-state index in [1.807, 2.05) is 18.2 Å². The Morgan fingerprint density at radius 2 is 1.00 bits per heavy atom. The Balaban J connectivity index is 1.43. The quantitative estimate of drug-likeness (QED) is 0.183. The lowest BCUT2D eigenvalue weighted by Gasteiger charge is -2.25. The van der Waals surface area contributed by atoms with Crippen molar-refractivity contribution < 1.29 is 0 Å². The Morgan fingerprint density at radius 3 is 1.60 bits per heavy atom. The zero-order valence-electron chi connectivity index (χ0n) is 22.5. The summed E-state index contributed by atoms with van der Waals surface area (Å²) in [5.74, 6) is 0. The van der Waals surface area contributed by atoms with E-state index in [-0.39, 0.29) is 0 Å². The van der Waals surface area contributed by atoms with E-state index in [1.165, 1.54) is 54.6 Å². The molecule has 0 aliphatic carbocycles. The van der Waals surface area contributed by atoms with Gasteiger partial charge in [0.05, 0.1) is 11.4 Å². The maximum Gasteiger partial charge on any atom is 0.0644 e. The minimum absolute atomic E-state index is 0.787. The van der Waals surface area contributed by atoms with Crippen LogP contribution in [-0.2, 0) is 0 Å². The first-order valence-electron chi connectivity index (χ1n) is 13.9. The van der Waals surface area contributed by atoms with Crippen LogP contribution in [0.2, 0.25) is 0 Å². The largest absolute Gasteiger partial charge is 0.397 e. The molecule has 0 aromatic heterocycles. The van der Waals surface area contributed by atoms with Gasteiger partial charge in [-0.05, 0) is 91.8 Å². The normalized spacial score (nSPS) is 11.3. The number of nitrogens with two attached hydrogens (primary N) is 1. The minimum atomic E-state index is 0.787. The van der Waals surface area contributed by atoms with Crippen molar-refractivity contribution in [3.8, 4) is 22.3 Å². The van der Waals surface area contributed by atoms with Gasteiger partial charge in [-0.15, -0.1) is 0 Å². The second-order valence-corrected chi connectivity index (χ2v) is 10.3. The molecule has 0 heterocycles. The van der Waals surface area contributed by atoms with Gasteiger partial charge >= 0.3 is 0 Å². The summed E-state index contributed by atoms with van der Waals surface area (Å²) in [6.45, 7) is 2.99. The maximum absolute atomic E-state index is 6.33. The van der Waals surface area contributed by atoms with Crippen LogP contribution in [-0.4, -0.2) is 6.54 Å². The standard InChI is InChI=1S/C38H30N2/c1-2-40(36-18-10-9-17-35(36)39)30-23-21-27(22-24-30)37-31-13-5-7-15-33(31)38(34-16-8-6-14-32(34)37)29-20-19-26-11-3-4-12-28(26)25-29/h3-25H,2,39H2,1H3. The Kier molecular flexibility index (Phi) is 5.94. The van der Waals surface area contributed by atoms with E-state index in [0.29, 0.717) is 0 Å². The predicted molar refractivity (Wildman–Crippen MR) is 173 cm³/mol. The zero-order chi connectivity index (χ0) is 27.1. The fraction of sp³-hybridized carbons (Fsp3) is 0.0526. The fourth-order valence-corrected chi connectivity index (χ4v) is 6.13. The third-order valence-electron chi connectivity index (χ3n) is 7.98. The van der Waals surface area contributed by atoms with Crippen molar-refractivity contribution in [2.45, 2.75) is 6.92 Å². The summed E-state index contributed by atoms with van der Waals surface area (Å²) in [6, 6.07) is 50.1. The third-order valence-corrected chi connectivity index (χ3v) is 7.98. The highest BCUT2D eigenvalue weighted by Crippen LogP contribution is 2.44. The van der Waals surface area contributed by atoms with Gasteiger partial charge in [0.25, 0.3) is 0 Å². The lowest BCUT2D eigenvalue weighted by molar-refractivity contribution is 1.03. The summed E-state index contributed by atoms with van der Waals surface area (Å²) in [5.41, 5.74) is 14.3. The van der Waals surface area contributed by atoms with Crippen LogP contribution in [0.15, 0.2) is 140 Å². The second kappa shape index (κ2) is 9.91. The van der Waals surface area contributed by atoms with E-state index < -0.39 is 0 Å². The number of para-hydroxylation sites is 2. The molecule has 192 valence electrons. The average Bonchev–Trinajstić information content (AvgIpc) is 3.01. The molecule has 0 radical (unpaired) electrons. The van der Waals surface area contributed by atoms with Crippen LogP contribution in [0.5, 0.6) is 0 Å². The van der Waals surface area contributed by atoms with Crippen molar-refractivity contribution in [2.24, 2.45) is 0 Å². The first kappa shape index (κ1) is 24.0. The molecular formula is C38H30N2. The summed E-state index contributed by atoms with van der Waals surface area (Å²) < 4.78 is 0. The van der Waals surface area contributed by atoms with Gasteiger partial charge in [-0.1, -0.05) is 109 Å². The highest BCUT2D eigenvalue weighted by Gasteiger charge is 2.17. The minimum Gasteiger partial charge on any atom is -0.397 e. The Bertz CT molecular complexity index is 1950. The summed E-state index contributed by atoms with van der Waals surface area (Å²) in [7, 11) is 0. The van der Waals surface area contributed by atoms with E-state index in [4.69, 9.17) is 5.73 Å². The molecule has 0 spiro atoms. The van der Waals surface area contributed by atoms with Crippen molar-refractivity contribution in [1.29, 1.82) is 0 Å². The van der Waals surface area contributed by atoms with E-state index in [1.54, 1.807) is 0 Å². The van der Waals surface area contributed by atoms with Gasteiger partial charge in [-0.3, -0.25) is 0 Å². The van der Waals surface area contributed by atoms with E-state index in [0.717, 1.165) is 23.6 Å². The molecule has 0 aliphatic heterocycles. The number of nitrogen functional groups attached to an aromatic ring is 1. The molecule has 0 saturated heterocycles. The van der Waals surface area contributed by atoms with Crippen LogP contribution in [0.25, 0.3) is 54.6 Å². The van der Waals surface area contributed by atoms with Crippen LogP contribution >= 0.6 is 0 Å². The Morgan fingerprint density at radius 1 is 0.500 bits per heavy atom. The third kappa shape index (κ3) is 3.97. The highest BCUT2D eigenvalue weighted by molar-refractivity contribution is 6.21. The smallest absolute Gasteiger partial charge is 0.0644 e. The molecule has 0 amide bonds. The Hall–Kier alpha value is -5.08. The molecule has 0 unspecified atom stereocenters. The molecule has 7 rings (SSSR count). The second-order valence-electron chi connectivity index (χ2n) is 10.3. The zero-order valence-corrected chi connectivity index (χ0v) is 22.5. The molecule has 2 N–H and O–H groups in total. The Labute approximate surface area is 234 Å². The highest BCUT2D eigenvalue weighted by atomic mass is 15.1. The summed E-state index contributed by atoms with van der Waals surface area (Å²) in [6.07, 6.45) is 0. The average molecular weight is 515 g/mol. The summed E-state index contributed by atoms with van der Waals surface area (Å²) >= 11 is 0. The van der Waals surface area contributed by atoms with Crippen molar-refractivity contribution >= 4 is 49.4 Å². The lowest BCUT2D eigenvalue weighted by Crippen LogP contribution is -2.17. The van der Waals surface area contributed by atoms with Gasteiger partial charge in [0.15, 0.2) is 0 Å². The van der Waals surface area contributed by atoms with Crippen LogP contribution in [0, 0.1) is 0 Å². The maximum atomic E-state index is 6.33. The number of anilines is 3. The van der Waals surface area contributed by atoms with Crippen molar-refractivity contribution in [3.05, 3.63) is 140 Å². The molecule has 0 aliphatic rings. The molecule has 2 heteroatoms. The number of rotatable bonds is 5. The molecule has 0 saturated carbocycles. The lowest BCUT2D eigenvalue weighted by atomic mass is 9.85. The molecule has 7 aromatic rings. The number of hydrogen-bond donors (Lipinski definition) is 1. The molecule has 40 heavy (non-hydrogen) atoms. The van der Waals surface area contributed by atoms with Gasteiger partial charge < -0.3 is 10.6 Å². The van der Waals surface area contributed by atoms with Gasteiger partial charge in [0.2, 0.25) is 0 Å². The topological polar surface area (TPSA) is 29.3 Å². The molecular weight excluding hydrogens is 484 g/mol. The van der Waals surface area contributed by atoms with Crippen molar-refractivity contribution in [1.82, 2.24) is 0 Å². The predicted octanol–water partition coefficient (Wildman–Crippen LogP) is 10.2. The monoisotopic (exact) mass is 514 g/mol. The van der Waals surface area contributed by atoms with Gasteiger partial charge in [-0.2, -0.15) is 0 Å².